The minimum Gasteiger partial charge on any atom is -0.494 e. The number of hydrogen-bond acceptors (Lipinski definition) is 3. The molecule has 1 heterocycles. The molecule has 0 saturated heterocycles. The smallest absolute Gasteiger partial charge is 0.170 e. The fourth-order valence-electron chi connectivity index (χ4n) is 1.87. The molecule has 102 valence electrons. The van der Waals surface area contributed by atoms with Crippen molar-refractivity contribution in [3.63, 3.8) is 0 Å². The van der Waals surface area contributed by atoms with Crippen LogP contribution in [0.15, 0.2) is 30.6 Å². The van der Waals surface area contributed by atoms with Crippen molar-refractivity contribution in [3.05, 3.63) is 47.5 Å². The first-order valence-corrected chi connectivity index (χ1v) is 6.16. The van der Waals surface area contributed by atoms with Crippen LogP contribution in [0, 0.1) is 5.82 Å². The molecule has 1 unspecified atom stereocenters. The maximum absolute atomic E-state index is 14.0. The van der Waals surface area contributed by atoms with Crippen molar-refractivity contribution >= 4 is 0 Å². The van der Waals surface area contributed by atoms with Gasteiger partial charge in [0.05, 0.1) is 19.9 Å². The summed E-state index contributed by atoms with van der Waals surface area (Å²) < 4.78 is 20.7. The molecule has 1 N–H and O–H groups in total. The summed E-state index contributed by atoms with van der Waals surface area (Å²) in [6.07, 6.45) is 3.71. The molecule has 0 aliphatic heterocycles. The zero-order chi connectivity index (χ0) is 13.8. The molecule has 0 fully saturated rings. The predicted molar refractivity (Wildman–Crippen MR) is 71.8 cm³/mol. The Kier molecular flexibility index (Phi) is 4.16. The van der Waals surface area contributed by atoms with Crippen molar-refractivity contribution in [1.82, 2.24) is 15.1 Å². The molecular formula is C14H18FN3O. The van der Waals surface area contributed by atoms with Gasteiger partial charge >= 0.3 is 0 Å². The molecule has 0 radical (unpaired) electrons. The second-order valence-electron chi connectivity index (χ2n) is 4.41. The monoisotopic (exact) mass is 263 g/mol. The van der Waals surface area contributed by atoms with Gasteiger partial charge in [-0.05, 0) is 20.0 Å². The van der Waals surface area contributed by atoms with Crippen LogP contribution >= 0.6 is 0 Å². The third-order valence-corrected chi connectivity index (χ3v) is 3.18. The Labute approximate surface area is 112 Å². The van der Waals surface area contributed by atoms with E-state index in [4.69, 9.17) is 4.74 Å². The molecule has 19 heavy (non-hydrogen) atoms. The van der Waals surface area contributed by atoms with Crippen molar-refractivity contribution in [2.45, 2.75) is 19.5 Å². The van der Waals surface area contributed by atoms with Crippen molar-refractivity contribution in [1.29, 1.82) is 0 Å². The number of methoxy groups -OCH3 is 1. The number of halogens is 1. The normalized spacial score (nSPS) is 12.4. The molecule has 4 nitrogen and oxygen atoms in total. The molecule has 0 aliphatic rings. The van der Waals surface area contributed by atoms with Crippen LogP contribution < -0.4 is 10.1 Å². The second kappa shape index (κ2) is 5.84. The van der Waals surface area contributed by atoms with Gasteiger partial charge in [-0.15, -0.1) is 0 Å². The van der Waals surface area contributed by atoms with Gasteiger partial charge in [0.25, 0.3) is 0 Å². The van der Waals surface area contributed by atoms with Crippen LogP contribution in [0.3, 0.4) is 0 Å². The molecule has 1 aromatic carbocycles. The van der Waals surface area contributed by atoms with E-state index >= 15 is 0 Å². The summed E-state index contributed by atoms with van der Waals surface area (Å²) in [5, 5.41) is 7.39. The first kappa shape index (κ1) is 13.5. The van der Waals surface area contributed by atoms with Gasteiger partial charge in [0, 0.05) is 23.4 Å². The number of ether oxygens (including phenoxy) is 1. The molecule has 5 heteroatoms. The van der Waals surface area contributed by atoms with E-state index in [1.165, 1.54) is 7.11 Å². The Balaban J connectivity index is 2.19. The third-order valence-electron chi connectivity index (χ3n) is 3.18. The van der Waals surface area contributed by atoms with Crippen LogP contribution in [0.25, 0.3) is 0 Å². The van der Waals surface area contributed by atoms with Crippen molar-refractivity contribution in [2.24, 2.45) is 0 Å². The Hall–Kier alpha value is -1.88. The minimum atomic E-state index is -0.330. The van der Waals surface area contributed by atoms with E-state index in [-0.39, 0.29) is 17.6 Å². The maximum Gasteiger partial charge on any atom is 0.170 e. The van der Waals surface area contributed by atoms with Crippen molar-refractivity contribution in [3.8, 4) is 5.75 Å². The summed E-state index contributed by atoms with van der Waals surface area (Å²) in [4.78, 5) is 0. The lowest BCUT2D eigenvalue weighted by molar-refractivity contribution is 0.383. The van der Waals surface area contributed by atoms with Crippen LogP contribution in [0.4, 0.5) is 4.39 Å². The third kappa shape index (κ3) is 2.93. The Morgan fingerprint density at radius 1 is 1.47 bits per heavy atom. The van der Waals surface area contributed by atoms with Crippen LogP contribution in [-0.2, 0) is 6.54 Å². The average molecular weight is 263 g/mol. The maximum atomic E-state index is 14.0. The van der Waals surface area contributed by atoms with E-state index in [1.807, 2.05) is 20.2 Å². The van der Waals surface area contributed by atoms with E-state index in [0.717, 1.165) is 5.56 Å². The van der Waals surface area contributed by atoms with Crippen LogP contribution in [0.5, 0.6) is 5.75 Å². The van der Waals surface area contributed by atoms with E-state index in [0.29, 0.717) is 12.1 Å². The number of nitrogens with zero attached hydrogens (tertiary/aromatic N) is 2. The largest absolute Gasteiger partial charge is 0.494 e. The Morgan fingerprint density at radius 3 is 2.95 bits per heavy atom. The highest BCUT2D eigenvalue weighted by molar-refractivity contribution is 5.31. The molecule has 2 rings (SSSR count). The van der Waals surface area contributed by atoms with E-state index < -0.39 is 0 Å². The van der Waals surface area contributed by atoms with Gasteiger partial charge in [0.2, 0.25) is 0 Å². The van der Waals surface area contributed by atoms with Gasteiger partial charge in [-0.3, -0.25) is 4.68 Å². The highest BCUT2D eigenvalue weighted by atomic mass is 19.1. The predicted octanol–water partition coefficient (Wildman–Crippen LogP) is 2.36. The summed E-state index contributed by atoms with van der Waals surface area (Å²) >= 11 is 0. The van der Waals surface area contributed by atoms with Crippen molar-refractivity contribution in [2.75, 3.05) is 14.2 Å². The molecule has 0 spiro atoms. The zero-order valence-electron chi connectivity index (χ0n) is 11.4. The van der Waals surface area contributed by atoms with Gasteiger partial charge in [-0.2, -0.15) is 5.10 Å². The lowest BCUT2D eigenvalue weighted by Crippen LogP contribution is -2.11. The number of nitrogens with one attached hydrogen (secondary N) is 1. The number of aromatic nitrogens is 2. The highest BCUT2D eigenvalue weighted by Gasteiger charge is 2.10. The van der Waals surface area contributed by atoms with Gasteiger partial charge in [0.1, 0.15) is 0 Å². The summed E-state index contributed by atoms with van der Waals surface area (Å²) in [5.41, 5.74) is 1.64. The fraction of sp³-hybridized carbons (Fsp3) is 0.357. The first-order valence-electron chi connectivity index (χ1n) is 6.16. The van der Waals surface area contributed by atoms with E-state index in [1.54, 1.807) is 29.1 Å². The Bertz CT molecular complexity index is 553. The molecule has 1 atom stereocenters. The molecular weight excluding hydrogens is 245 g/mol. The lowest BCUT2D eigenvalue weighted by Gasteiger charge is -2.08. The summed E-state index contributed by atoms with van der Waals surface area (Å²) in [7, 11) is 3.35. The zero-order valence-corrected chi connectivity index (χ0v) is 11.4. The van der Waals surface area contributed by atoms with Crippen molar-refractivity contribution < 1.29 is 9.13 Å². The minimum absolute atomic E-state index is 0.226. The van der Waals surface area contributed by atoms with Crippen LogP contribution in [-0.4, -0.2) is 23.9 Å². The molecule has 1 aromatic heterocycles. The summed E-state index contributed by atoms with van der Waals surface area (Å²) in [5.74, 6) is -0.0720. The Morgan fingerprint density at radius 2 is 2.26 bits per heavy atom. The molecule has 0 aliphatic carbocycles. The van der Waals surface area contributed by atoms with Crippen LogP contribution in [0.1, 0.15) is 24.1 Å². The summed E-state index contributed by atoms with van der Waals surface area (Å²) in [6, 6.07) is 5.35. The van der Waals surface area contributed by atoms with Gasteiger partial charge in [-0.1, -0.05) is 12.1 Å². The lowest BCUT2D eigenvalue weighted by atomic mass is 10.2. The number of rotatable bonds is 5. The van der Waals surface area contributed by atoms with E-state index in [2.05, 4.69) is 10.4 Å². The standard InChI is InChI=1S/C14H18FN3O/c1-10(16-2)12-7-17-18(9-12)8-11-5-4-6-13(19-3)14(11)15/h4-7,9-10,16H,8H2,1-3H3. The number of hydrogen-bond donors (Lipinski definition) is 1. The fourth-order valence-corrected chi connectivity index (χ4v) is 1.87. The first-order chi connectivity index (χ1) is 9.15. The second-order valence-corrected chi connectivity index (χ2v) is 4.41. The average Bonchev–Trinajstić information content (AvgIpc) is 2.89. The molecule has 0 bridgehead atoms. The topological polar surface area (TPSA) is 39.1 Å². The van der Waals surface area contributed by atoms with Gasteiger partial charge in [-0.25, -0.2) is 4.39 Å². The molecule has 2 aromatic rings. The quantitative estimate of drug-likeness (QED) is 0.900. The van der Waals surface area contributed by atoms with Gasteiger partial charge in [0.15, 0.2) is 11.6 Å². The summed E-state index contributed by atoms with van der Waals surface area (Å²) in [6.45, 7) is 2.44. The van der Waals surface area contributed by atoms with Crippen LogP contribution in [0.2, 0.25) is 0 Å². The highest BCUT2D eigenvalue weighted by Crippen LogP contribution is 2.21. The number of benzene rings is 1. The SMILES string of the molecule is CNC(C)c1cnn(Cc2cccc(OC)c2F)c1. The molecule has 0 amide bonds. The van der Waals surface area contributed by atoms with E-state index in [9.17, 15) is 4.39 Å². The van der Waals surface area contributed by atoms with Gasteiger partial charge < -0.3 is 10.1 Å². The molecule has 0 saturated carbocycles.